The van der Waals surface area contributed by atoms with Crippen LogP contribution in [0.5, 0.6) is 17.2 Å². The van der Waals surface area contributed by atoms with Crippen molar-refractivity contribution in [1.29, 1.82) is 0 Å². The molecular weight excluding hydrogens is 334 g/mol. The van der Waals surface area contributed by atoms with Gasteiger partial charge in [0.2, 0.25) is 0 Å². The monoisotopic (exact) mass is 357 g/mol. The SMILES string of the molecule is COc1ccccc1NC(=O)N/N=C/c1cccc(OC)c1OC(C)C. The van der Waals surface area contributed by atoms with Gasteiger partial charge in [0.1, 0.15) is 5.75 Å². The molecule has 2 aromatic carbocycles. The first-order valence-electron chi connectivity index (χ1n) is 8.12. The zero-order valence-electron chi connectivity index (χ0n) is 15.3. The number of hydrogen-bond acceptors (Lipinski definition) is 5. The number of ether oxygens (including phenoxy) is 3. The van der Waals surface area contributed by atoms with Gasteiger partial charge in [0.15, 0.2) is 11.5 Å². The Bertz CT molecular complexity index is 775. The number of urea groups is 1. The summed E-state index contributed by atoms with van der Waals surface area (Å²) in [4.78, 5) is 12.0. The second-order valence-electron chi connectivity index (χ2n) is 5.57. The summed E-state index contributed by atoms with van der Waals surface area (Å²) in [6.07, 6.45) is 1.47. The van der Waals surface area contributed by atoms with E-state index in [-0.39, 0.29) is 6.10 Å². The Morgan fingerprint density at radius 1 is 1.04 bits per heavy atom. The number of carbonyl (C=O) groups is 1. The number of amides is 2. The number of nitrogens with zero attached hydrogens (tertiary/aromatic N) is 1. The molecule has 7 nitrogen and oxygen atoms in total. The topological polar surface area (TPSA) is 81.2 Å². The molecule has 0 heterocycles. The Morgan fingerprint density at radius 2 is 1.73 bits per heavy atom. The Balaban J connectivity index is 2.07. The molecule has 0 aliphatic heterocycles. The zero-order chi connectivity index (χ0) is 18.9. The van der Waals surface area contributed by atoms with E-state index < -0.39 is 6.03 Å². The number of methoxy groups -OCH3 is 2. The molecule has 138 valence electrons. The van der Waals surface area contributed by atoms with Gasteiger partial charge in [-0.1, -0.05) is 18.2 Å². The lowest BCUT2D eigenvalue weighted by molar-refractivity contribution is 0.230. The normalized spacial score (nSPS) is 10.7. The summed E-state index contributed by atoms with van der Waals surface area (Å²) in [5.41, 5.74) is 3.66. The van der Waals surface area contributed by atoms with Gasteiger partial charge in [0.05, 0.1) is 32.2 Å². The fourth-order valence-corrected chi connectivity index (χ4v) is 2.22. The Morgan fingerprint density at radius 3 is 2.42 bits per heavy atom. The molecule has 7 heteroatoms. The number of anilines is 1. The molecule has 0 unspecified atom stereocenters. The Labute approximate surface area is 153 Å². The van der Waals surface area contributed by atoms with E-state index in [1.165, 1.54) is 13.3 Å². The maximum absolute atomic E-state index is 12.0. The minimum absolute atomic E-state index is 0.0275. The molecule has 0 bridgehead atoms. The number of hydrazone groups is 1. The standard InChI is InChI=1S/C19H23N3O4/c1-13(2)26-18-14(8-7-11-17(18)25-4)12-20-22-19(23)21-15-9-5-6-10-16(15)24-3/h5-13H,1-4H3,(H2,21,22,23)/b20-12+. The molecule has 2 amide bonds. The number of hydrogen-bond donors (Lipinski definition) is 2. The van der Waals surface area contributed by atoms with Gasteiger partial charge < -0.3 is 19.5 Å². The molecule has 2 rings (SSSR count). The van der Waals surface area contributed by atoms with Gasteiger partial charge in [-0.2, -0.15) is 5.10 Å². The number of carbonyl (C=O) groups excluding carboxylic acids is 1. The average molecular weight is 357 g/mol. The van der Waals surface area contributed by atoms with Crippen LogP contribution in [0, 0.1) is 0 Å². The van der Waals surface area contributed by atoms with Crippen LogP contribution in [0.3, 0.4) is 0 Å². The van der Waals surface area contributed by atoms with Gasteiger partial charge >= 0.3 is 6.03 Å². The molecule has 0 aromatic heterocycles. The number of benzene rings is 2. The van der Waals surface area contributed by atoms with Gasteiger partial charge in [0, 0.05) is 5.56 Å². The van der Waals surface area contributed by atoms with Crippen LogP contribution < -0.4 is 25.0 Å². The van der Waals surface area contributed by atoms with E-state index in [9.17, 15) is 4.79 Å². The van der Waals surface area contributed by atoms with Crippen molar-refractivity contribution in [2.24, 2.45) is 5.10 Å². The summed E-state index contributed by atoms with van der Waals surface area (Å²) in [7, 11) is 3.11. The minimum Gasteiger partial charge on any atom is -0.495 e. The maximum Gasteiger partial charge on any atom is 0.339 e. The van der Waals surface area contributed by atoms with E-state index in [0.717, 1.165) is 0 Å². The van der Waals surface area contributed by atoms with Crippen molar-refractivity contribution in [2.75, 3.05) is 19.5 Å². The van der Waals surface area contributed by atoms with Crippen LogP contribution in [0.1, 0.15) is 19.4 Å². The van der Waals surface area contributed by atoms with Gasteiger partial charge in [-0.05, 0) is 38.1 Å². The van der Waals surface area contributed by atoms with Crippen molar-refractivity contribution in [3.05, 3.63) is 48.0 Å². The highest BCUT2D eigenvalue weighted by atomic mass is 16.5. The molecule has 0 spiro atoms. The van der Waals surface area contributed by atoms with Crippen molar-refractivity contribution in [1.82, 2.24) is 5.43 Å². The molecule has 26 heavy (non-hydrogen) atoms. The molecule has 0 radical (unpaired) electrons. The third-order valence-electron chi connectivity index (χ3n) is 3.31. The van der Waals surface area contributed by atoms with Gasteiger partial charge in [-0.3, -0.25) is 0 Å². The number of para-hydroxylation sites is 3. The van der Waals surface area contributed by atoms with E-state index in [4.69, 9.17) is 14.2 Å². The molecule has 2 aromatic rings. The van der Waals surface area contributed by atoms with Crippen LogP contribution in [0.15, 0.2) is 47.6 Å². The lowest BCUT2D eigenvalue weighted by Gasteiger charge is -2.15. The van der Waals surface area contributed by atoms with Crippen molar-refractivity contribution in [3.63, 3.8) is 0 Å². The molecule has 2 N–H and O–H groups in total. The first kappa shape index (κ1) is 19.1. The molecular formula is C19H23N3O4. The second-order valence-corrected chi connectivity index (χ2v) is 5.57. The average Bonchev–Trinajstić information content (AvgIpc) is 2.63. The predicted molar refractivity (Wildman–Crippen MR) is 102 cm³/mol. The summed E-state index contributed by atoms with van der Waals surface area (Å²) < 4.78 is 16.3. The molecule has 0 saturated heterocycles. The zero-order valence-corrected chi connectivity index (χ0v) is 15.3. The molecule has 0 saturated carbocycles. The highest BCUT2D eigenvalue weighted by molar-refractivity contribution is 5.92. The predicted octanol–water partition coefficient (Wildman–Crippen LogP) is 3.65. The van der Waals surface area contributed by atoms with Gasteiger partial charge in [0.25, 0.3) is 0 Å². The van der Waals surface area contributed by atoms with Crippen LogP contribution in [0.25, 0.3) is 0 Å². The fraction of sp³-hybridized carbons (Fsp3) is 0.263. The molecule has 0 aliphatic rings. The van der Waals surface area contributed by atoms with E-state index in [1.807, 2.05) is 32.0 Å². The third kappa shape index (κ3) is 5.14. The quantitative estimate of drug-likeness (QED) is 0.585. The highest BCUT2D eigenvalue weighted by Gasteiger charge is 2.11. The maximum atomic E-state index is 12.0. The molecule has 0 atom stereocenters. The number of nitrogens with one attached hydrogen (secondary N) is 2. The third-order valence-corrected chi connectivity index (χ3v) is 3.31. The molecule has 0 aliphatic carbocycles. The molecule has 0 fully saturated rings. The van der Waals surface area contributed by atoms with Crippen molar-refractivity contribution in [3.8, 4) is 17.2 Å². The fourth-order valence-electron chi connectivity index (χ4n) is 2.22. The number of rotatable bonds is 7. The minimum atomic E-state index is -0.486. The Kier molecular flexibility index (Phi) is 6.84. The summed E-state index contributed by atoms with van der Waals surface area (Å²) in [6, 6.07) is 12.1. The van der Waals surface area contributed by atoms with Crippen molar-refractivity contribution in [2.45, 2.75) is 20.0 Å². The van der Waals surface area contributed by atoms with Crippen LogP contribution in [0.2, 0.25) is 0 Å². The van der Waals surface area contributed by atoms with Gasteiger partial charge in [-0.25, -0.2) is 10.2 Å². The van der Waals surface area contributed by atoms with Crippen LogP contribution in [-0.4, -0.2) is 32.6 Å². The lowest BCUT2D eigenvalue weighted by Crippen LogP contribution is -2.24. The van der Waals surface area contributed by atoms with E-state index in [0.29, 0.717) is 28.5 Å². The first-order chi connectivity index (χ1) is 12.5. The van der Waals surface area contributed by atoms with Crippen molar-refractivity contribution >= 4 is 17.9 Å². The van der Waals surface area contributed by atoms with E-state index in [1.54, 1.807) is 31.4 Å². The largest absolute Gasteiger partial charge is 0.495 e. The van der Waals surface area contributed by atoms with Gasteiger partial charge in [-0.15, -0.1) is 0 Å². The highest BCUT2D eigenvalue weighted by Crippen LogP contribution is 2.31. The van der Waals surface area contributed by atoms with E-state index >= 15 is 0 Å². The second kappa shape index (κ2) is 9.31. The van der Waals surface area contributed by atoms with Crippen LogP contribution in [-0.2, 0) is 0 Å². The Hall–Kier alpha value is -3.22. The summed E-state index contributed by atoms with van der Waals surface area (Å²) in [6.45, 7) is 3.85. The summed E-state index contributed by atoms with van der Waals surface area (Å²) in [5, 5.41) is 6.65. The first-order valence-corrected chi connectivity index (χ1v) is 8.12. The smallest absolute Gasteiger partial charge is 0.339 e. The van der Waals surface area contributed by atoms with Crippen LogP contribution >= 0.6 is 0 Å². The van der Waals surface area contributed by atoms with Crippen LogP contribution in [0.4, 0.5) is 10.5 Å². The summed E-state index contributed by atoms with van der Waals surface area (Å²) >= 11 is 0. The lowest BCUT2D eigenvalue weighted by atomic mass is 10.2. The van der Waals surface area contributed by atoms with Crippen molar-refractivity contribution < 1.29 is 19.0 Å². The van der Waals surface area contributed by atoms with E-state index in [2.05, 4.69) is 15.8 Å². The summed E-state index contributed by atoms with van der Waals surface area (Å²) in [5.74, 6) is 1.73.